The van der Waals surface area contributed by atoms with Crippen molar-refractivity contribution in [3.63, 3.8) is 0 Å². The van der Waals surface area contributed by atoms with Crippen LogP contribution in [0.4, 0.5) is 10.2 Å². The van der Waals surface area contributed by atoms with Crippen molar-refractivity contribution in [1.29, 1.82) is 0 Å². The van der Waals surface area contributed by atoms with Crippen LogP contribution in [-0.4, -0.2) is 37.3 Å². The van der Waals surface area contributed by atoms with E-state index in [9.17, 15) is 4.39 Å². The van der Waals surface area contributed by atoms with Crippen LogP contribution in [0.3, 0.4) is 0 Å². The zero-order valence-corrected chi connectivity index (χ0v) is 12.4. The fourth-order valence-corrected chi connectivity index (χ4v) is 2.45. The fourth-order valence-electron chi connectivity index (χ4n) is 2.45. The molecule has 0 spiro atoms. The molecule has 0 radical (unpaired) electrons. The Morgan fingerprint density at radius 3 is 3.10 bits per heavy atom. The van der Waals surface area contributed by atoms with Gasteiger partial charge in [-0.3, -0.25) is 0 Å². The van der Waals surface area contributed by atoms with Gasteiger partial charge in [0.1, 0.15) is 11.6 Å². The summed E-state index contributed by atoms with van der Waals surface area (Å²) in [6.45, 7) is 8.17. The van der Waals surface area contributed by atoms with Gasteiger partial charge in [0.25, 0.3) is 0 Å². The van der Waals surface area contributed by atoms with E-state index in [1.165, 1.54) is 6.20 Å². The number of morpholine rings is 1. The molecule has 20 heavy (non-hydrogen) atoms. The highest BCUT2D eigenvalue weighted by Gasteiger charge is 2.22. The second-order valence-electron chi connectivity index (χ2n) is 5.16. The Balaban J connectivity index is 2.12. The summed E-state index contributed by atoms with van der Waals surface area (Å²) in [7, 11) is 0. The Morgan fingerprint density at radius 1 is 1.50 bits per heavy atom. The average molecular weight is 281 g/mol. The van der Waals surface area contributed by atoms with Crippen LogP contribution in [0.25, 0.3) is 0 Å². The highest BCUT2D eigenvalue weighted by molar-refractivity contribution is 5.47. The largest absolute Gasteiger partial charge is 0.375 e. The Kier molecular flexibility index (Phi) is 5.73. The topological polar surface area (TPSA) is 37.4 Å². The van der Waals surface area contributed by atoms with Crippen molar-refractivity contribution >= 4 is 5.82 Å². The number of hydrogen-bond donors (Lipinski definition) is 1. The number of pyridine rings is 1. The summed E-state index contributed by atoms with van der Waals surface area (Å²) >= 11 is 0. The number of ether oxygens (including phenoxy) is 1. The second kappa shape index (κ2) is 7.55. The van der Waals surface area contributed by atoms with Crippen LogP contribution in [0.15, 0.2) is 12.3 Å². The molecule has 1 saturated heterocycles. The van der Waals surface area contributed by atoms with E-state index in [1.54, 1.807) is 6.07 Å². The number of anilines is 1. The van der Waals surface area contributed by atoms with Gasteiger partial charge in [-0.2, -0.15) is 0 Å². The number of hydrogen-bond acceptors (Lipinski definition) is 4. The van der Waals surface area contributed by atoms with Crippen molar-refractivity contribution in [2.45, 2.75) is 39.3 Å². The van der Waals surface area contributed by atoms with E-state index in [-0.39, 0.29) is 11.9 Å². The lowest BCUT2D eigenvalue weighted by atomic mass is 10.2. The molecule has 1 fully saturated rings. The normalized spacial score (nSPS) is 19.4. The molecule has 1 N–H and O–H groups in total. The molecule has 0 bridgehead atoms. The number of rotatable bonds is 6. The summed E-state index contributed by atoms with van der Waals surface area (Å²) in [5.74, 6) is 0.610. The van der Waals surface area contributed by atoms with Gasteiger partial charge in [-0.05, 0) is 25.5 Å². The molecule has 0 aliphatic carbocycles. The molecule has 0 amide bonds. The monoisotopic (exact) mass is 281 g/mol. The van der Waals surface area contributed by atoms with E-state index in [0.29, 0.717) is 13.2 Å². The molecule has 2 rings (SSSR count). The summed E-state index contributed by atoms with van der Waals surface area (Å²) in [6, 6.07) is 1.58. The quantitative estimate of drug-likeness (QED) is 0.812. The van der Waals surface area contributed by atoms with Crippen molar-refractivity contribution in [3.8, 4) is 0 Å². The Bertz CT molecular complexity index is 428. The first-order valence-corrected chi connectivity index (χ1v) is 7.46. The van der Waals surface area contributed by atoms with Gasteiger partial charge in [-0.15, -0.1) is 0 Å². The average Bonchev–Trinajstić information content (AvgIpc) is 2.48. The minimum Gasteiger partial charge on any atom is -0.375 e. The fraction of sp³-hybridized carbons (Fsp3) is 0.667. The van der Waals surface area contributed by atoms with Crippen LogP contribution >= 0.6 is 0 Å². The predicted octanol–water partition coefficient (Wildman–Crippen LogP) is 2.34. The summed E-state index contributed by atoms with van der Waals surface area (Å²) in [5.41, 5.74) is 0.926. The van der Waals surface area contributed by atoms with Gasteiger partial charge < -0.3 is 15.0 Å². The molecule has 4 nitrogen and oxygen atoms in total. The number of nitrogens with one attached hydrogen (secondary N) is 1. The molecule has 112 valence electrons. The van der Waals surface area contributed by atoms with E-state index < -0.39 is 0 Å². The standard InChI is InChI=1S/C15H24FN3O/c1-3-5-17-9-12-8-13(16)10-18-15(12)19-6-7-20-14(4-2)11-19/h8,10,14,17H,3-7,9,11H2,1-2H3. The highest BCUT2D eigenvalue weighted by Crippen LogP contribution is 2.21. The van der Waals surface area contributed by atoms with E-state index in [2.05, 4.69) is 29.0 Å². The zero-order valence-electron chi connectivity index (χ0n) is 12.4. The third kappa shape index (κ3) is 3.90. The lowest BCUT2D eigenvalue weighted by Gasteiger charge is -2.34. The van der Waals surface area contributed by atoms with Crippen LogP contribution < -0.4 is 10.2 Å². The Hall–Kier alpha value is -1.20. The highest BCUT2D eigenvalue weighted by atomic mass is 19.1. The van der Waals surface area contributed by atoms with Crippen molar-refractivity contribution in [1.82, 2.24) is 10.3 Å². The summed E-state index contributed by atoms with van der Waals surface area (Å²) in [4.78, 5) is 6.51. The van der Waals surface area contributed by atoms with Gasteiger partial charge in [0.05, 0.1) is 18.9 Å². The van der Waals surface area contributed by atoms with Crippen molar-refractivity contribution in [2.24, 2.45) is 0 Å². The lowest BCUT2D eigenvalue weighted by Crippen LogP contribution is -2.43. The molecule has 5 heteroatoms. The minimum atomic E-state index is -0.276. The van der Waals surface area contributed by atoms with Crippen molar-refractivity contribution in [2.75, 3.05) is 31.1 Å². The third-order valence-corrected chi connectivity index (χ3v) is 3.55. The predicted molar refractivity (Wildman–Crippen MR) is 78.4 cm³/mol. The first-order chi connectivity index (χ1) is 9.74. The molecule has 1 aromatic rings. The maximum Gasteiger partial charge on any atom is 0.141 e. The molecular formula is C15H24FN3O. The molecule has 1 unspecified atom stereocenters. The molecule has 0 aromatic carbocycles. The molecule has 1 atom stereocenters. The lowest BCUT2D eigenvalue weighted by molar-refractivity contribution is 0.0381. The summed E-state index contributed by atoms with van der Waals surface area (Å²) in [6.07, 6.45) is 3.59. The third-order valence-electron chi connectivity index (χ3n) is 3.55. The van der Waals surface area contributed by atoms with Gasteiger partial charge in [0.15, 0.2) is 0 Å². The van der Waals surface area contributed by atoms with Gasteiger partial charge in [-0.1, -0.05) is 13.8 Å². The van der Waals surface area contributed by atoms with Gasteiger partial charge in [0.2, 0.25) is 0 Å². The maximum absolute atomic E-state index is 13.4. The van der Waals surface area contributed by atoms with E-state index in [1.807, 2.05) is 0 Å². The van der Waals surface area contributed by atoms with Gasteiger partial charge in [-0.25, -0.2) is 9.37 Å². The second-order valence-corrected chi connectivity index (χ2v) is 5.16. The number of nitrogens with zero attached hydrogens (tertiary/aromatic N) is 2. The minimum absolute atomic E-state index is 0.243. The SMILES string of the molecule is CCCNCc1cc(F)cnc1N1CCOC(CC)C1. The van der Waals surface area contributed by atoms with Crippen molar-refractivity contribution in [3.05, 3.63) is 23.6 Å². The molecule has 0 saturated carbocycles. The van der Waals surface area contributed by atoms with Crippen LogP contribution in [0.2, 0.25) is 0 Å². The molecule has 1 aliphatic heterocycles. The van der Waals surface area contributed by atoms with E-state index >= 15 is 0 Å². The number of aromatic nitrogens is 1. The molecular weight excluding hydrogens is 257 g/mol. The zero-order chi connectivity index (χ0) is 14.4. The van der Waals surface area contributed by atoms with Gasteiger partial charge >= 0.3 is 0 Å². The Labute approximate surface area is 120 Å². The van der Waals surface area contributed by atoms with Crippen LogP contribution in [0.1, 0.15) is 32.3 Å². The first kappa shape index (κ1) is 15.2. The van der Waals surface area contributed by atoms with E-state index in [0.717, 1.165) is 43.9 Å². The maximum atomic E-state index is 13.4. The summed E-state index contributed by atoms with van der Waals surface area (Å²) < 4.78 is 19.1. The summed E-state index contributed by atoms with van der Waals surface area (Å²) in [5, 5.41) is 3.32. The number of halogens is 1. The molecule has 2 heterocycles. The van der Waals surface area contributed by atoms with E-state index in [4.69, 9.17) is 4.74 Å². The Morgan fingerprint density at radius 2 is 2.35 bits per heavy atom. The molecule has 1 aromatic heterocycles. The van der Waals surface area contributed by atoms with Crippen molar-refractivity contribution < 1.29 is 9.13 Å². The van der Waals surface area contributed by atoms with Crippen LogP contribution in [0, 0.1) is 5.82 Å². The van der Waals surface area contributed by atoms with Crippen LogP contribution in [-0.2, 0) is 11.3 Å². The van der Waals surface area contributed by atoms with Gasteiger partial charge in [0, 0.05) is 25.2 Å². The van der Waals surface area contributed by atoms with Crippen LogP contribution in [0.5, 0.6) is 0 Å². The smallest absolute Gasteiger partial charge is 0.141 e. The first-order valence-electron chi connectivity index (χ1n) is 7.46. The molecule has 1 aliphatic rings.